The van der Waals surface area contributed by atoms with Crippen LogP contribution < -0.4 is 10.1 Å². The van der Waals surface area contributed by atoms with Gasteiger partial charge in [0.15, 0.2) is 6.61 Å². The van der Waals surface area contributed by atoms with E-state index in [9.17, 15) is 4.79 Å². The third-order valence-electron chi connectivity index (χ3n) is 4.38. The number of aromatic nitrogens is 6. The lowest BCUT2D eigenvalue weighted by molar-refractivity contribution is -0.122. The van der Waals surface area contributed by atoms with E-state index in [1.807, 2.05) is 54.6 Å². The van der Waals surface area contributed by atoms with Crippen LogP contribution in [0.2, 0.25) is 0 Å². The second-order valence-electron chi connectivity index (χ2n) is 6.38. The smallest absolute Gasteiger partial charge is 0.244 e. The van der Waals surface area contributed by atoms with Crippen LogP contribution in [0.25, 0.3) is 11.0 Å². The first-order valence-electron chi connectivity index (χ1n) is 9.38. The molecule has 4 aromatic rings. The number of para-hydroxylation sites is 3. The van der Waals surface area contributed by atoms with Crippen molar-refractivity contribution in [3.63, 3.8) is 0 Å². The number of carbonyl (C=O) groups excluding carboxylic acids is 1. The highest BCUT2D eigenvalue weighted by Crippen LogP contribution is 2.15. The molecule has 4 rings (SSSR count). The van der Waals surface area contributed by atoms with Crippen LogP contribution in [0.5, 0.6) is 5.75 Å². The van der Waals surface area contributed by atoms with Crippen LogP contribution in [0.15, 0.2) is 54.6 Å². The molecule has 0 saturated carbocycles. The predicted octanol–water partition coefficient (Wildman–Crippen LogP) is 1.94. The van der Waals surface area contributed by atoms with Gasteiger partial charge in [-0.2, -0.15) is 4.80 Å². The normalized spacial score (nSPS) is 10.9. The summed E-state index contributed by atoms with van der Waals surface area (Å²) >= 11 is 0. The third kappa shape index (κ3) is 4.40. The molecule has 9 heteroatoms. The molecule has 0 aliphatic heterocycles. The van der Waals surface area contributed by atoms with Crippen molar-refractivity contribution in [3.8, 4) is 5.75 Å². The molecule has 0 spiro atoms. The summed E-state index contributed by atoms with van der Waals surface area (Å²) in [6, 6.07) is 17.3. The van der Waals surface area contributed by atoms with Crippen molar-refractivity contribution >= 4 is 16.9 Å². The summed E-state index contributed by atoms with van der Waals surface area (Å²) in [5.41, 5.74) is 1.97. The molecule has 2 heterocycles. The molecular formula is C20H21N7O2. The predicted molar refractivity (Wildman–Crippen MR) is 106 cm³/mol. The van der Waals surface area contributed by atoms with E-state index in [0.717, 1.165) is 29.2 Å². The van der Waals surface area contributed by atoms with Gasteiger partial charge in [-0.05, 0) is 36.4 Å². The summed E-state index contributed by atoms with van der Waals surface area (Å²) in [4.78, 5) is 18.1. The van der Waals surface area contributed by atoms with Crippen molar-refractivity contribution in [3.05, 3.63) is 66.2 Å². The summed E-state index contributed by atoms with van der Waals surface area (Å²) in [6.45, 7) is 3.33. The van der Waals surface area contributed by atoms with E-state index in [1.165, 1.54) is 4.80 Å². The lowest BCUT2D eigenvalue weighted by Crippen LogP contribution is -2.29. The second-order valence-corrected chi connectivity index (χ2v) is 6.38. The summed E-state index contributed by atoms with van der Waals surface area (Å²) in [5.74, 6) is 1.73. The Bertz CT molecular complexity index is 1100. The number of aryl methyl sites for hydroxylation is 1. The van der Waals surface area contributed by atoms with Gasteiger partial charge in [-0.3, -0.25) is 4.79 Å². The molecule has 2 aromatic carbocycles. The molecule has 148 valence electrons. The maximum Gasteiger partial charge on any atom is 0.244 e. The minimum absolute atomic E-state index is 0.0231. The van der Waals surface area contributed by atoms with E-state index >= 15 is 0 Å². The number of benzene rings is 2. The number of fused-ring (bicyclic) bond motifs is 1. The largest absolute Gasteiger partial charge is 0.485 e. The van der Waals surface area contributed by atoms with Gasteiger partial charge in [-0.1, -0.05) is 30.3 Å². The highest BCUT2D eigenvalue weighted by molar-refractivity contribution is 5.77. The Kier molecular flexibility index (Phi) is 5.46. The molecule has 0 atom stereocenters. The fraction of sp³-hybridized carbons (Fsp3) is 0.250. The second kappa shape index (κ2) is 8.51. The number of rotatable bonds is 8. The van der Waals surface area contributed by atoms with Crippen LogP contribution in [-0.4, -0.2) is 35.7 Å². The van der Waals surface area contributed by atoms with E-state index in [-0.39, 0.29) is 19.1 Å². The lowest BCUT2D eigenvalue weighted by Gasteiger charge is -2.07. The van der Waals surface area contributed by atoms with Gasteiger partial charge in [0, 0.05) is 6.54 Å². The van der Waals surface area contributed by atoms with Crippen LogP contribution >= 0.6 is 0 Å². The first-order valence-corrected chi connectivity index (χ1v) is 9.38. The van der Waals surface area contributed by atoms with Gasteiger partial charge in [-0.25, -0.2) is 4.98 Å². The van der Waals surface area contributed by atoms with Gasteiger partial charge >= 0.3 is 0 Å². The van der Waals surface area contributed by atoms with Crippen molar-refractivity contribution in [2.45, 2.75) is 33.2 Å². The van der Waals surface area contributed by atoms with E-state index < -0.39 is 0 Å². The molecule has 2 aromatic heterocycles. The van der Waals surface area contributed by atoms with Crippen LogP contribution in [0.1, 0.15) is 18.6 Å². The molecule has 0 fully saturated rings. The molecule has 29 heavy (non-hydrogen) atoms. The molecular weight excluding hydrogens is 370 g/mol. The number of hydrogen-bond donors (Lipinski definition) is 1. The summed E-state index contributed by atoms with van der Waals surface area (Å²) in [7, 11) is 0. The van der Waals surface area contributed by atoms with Gasteiger partial charge in [0.25, 0.3) is 0 Å². The lowest BCUT2D eigenvalue weighted by atomic mass is 10.3. The van der Waals surface area contributed by atoms with Gasteiger partial charge in [-0.15, -0.1) is 10.2 Å². The molecule has 1 N–H and O–H groups in total. The van der Waals surface area contributed by atoms with Gasteiger partial charge in [0.1, 0.15) is 18.1 Å². The number of nitrogens with zero attached hydrogens (tertiary/aromatic N) is 6. The quantitative estimate of drug-likeness (QED) is 0.493. The van der Waals surface area contributed by atoms with E-state index in [0.29, 0.717) is 12.4 Å². The Balaban J connectivity index is 1.32. The molecule has 0 radical (unpaired) electrons. The Morgan fingerprint density at radius 1 is 1.10 bits per heavy atom. The minimum atomic E-state index is -0.215. The first kappa shape index (κ1) is 18.6. The highest BCUT2D eigenvalue weighted by atomic mass is 16.5. The standard InChI is InChI=1S/C20H21N7O2/c1-2-26-17-11-7-6-10-16(17)22-19(26)12-21-20(28)13-27-24-18(23-25-27)14-29-15-8-4-3-5-9-15/h3-11H,2,12-14H2,1H3,(H,21,28). The van der Waals surface area contributed by atoms with E-state index in [1.54, 1.807) is 0 Å². The molecule has 0 unspecified atom stereocenters. The Morgan fingerprint density at radius 2 is 1.90 bits per heavy atom. The molecule has 0 saturated heterocycles. The number of tetrazole rings is 1. The monoisotopic (exact) mass is 391 g/mol. The average molecular weight is 391 g/mol. The number of amides is 1. The first-order chi connectivity index (χ1) is 14.2. The zero-order valence-corrected chi connectivity index (χ0v) is 16.0. The maximum absolute atomic E-state index is 12.3. The van der Waals surface area contributed by atoms with Crippen LogP contribution in [-0.2, 0) is 31.0 Å². The summed E-state index contributed by atoms with van der Waals surface area (Å²) < 4.78 is 7.67. The van der Waals surface area contributed by atoms with Gasteiger partial charge in [0.05, 0.1) is 17.6 Å². The third-order valence-corrected chi connectivity index (χ3v) is 4.38. The number of imidazole rings is 1. The zero-order valence-electron chi connectivity index (χ0n) is 16.0. The van der Waals surface area contributed by atoms with Crippen molar-refractivity contribution in [2.75, 3.05) is 0 Å². The topological polar surface area (TPSA) is 99.8 Å². The fourth-order valence-electron chi connectivity index (χ4n) is 3.04. The minimum Gasteiger partial charge on any atom is -0.485 e. The van der Waals surface area contributed by atoms with Crippen molar-refractivity contribution in [2.24, 2.45) is 0 Å². The van der Waals surface area contributed by atoms with E-state index in [4.69, 9.17) is 4.74 Å². The van der Waals surface area contributed by atoms with Crippen LogP contribution in [0.4, 0.5) is 0 Å². The number of ether oxygens (including phenoxy) is 1. The van der Waals surface area contributed by atoms with Crippen LogP contribution in [0, 0.1) is 0 Å². The number of nitrogens with one attached hydrogen (secondary N) is 1. The SMILES string of the molecule is CCn1c(CNC(=O)Cn2nnc(COc3ccccc3)n2)nc2ccccc21. The van der Waals surface area contributed by atoms with Crippen LogP contribution in [0.3, 0.4) is 0 Å². The summed E-state index contributed by atoms with van der Waals surface area (Å²) in [5, 5.41) is 14.9. The molecule has 0 aliphatic carbocycles. The van der Waals surface area contributed by atoms with Crippen molar-refractivity contribution < 1.29 is 9.53 Å². The van der Waals surface area contributed by atoms with Crippen molar-refractivity contribution in [1.82, 2.24) is 35.1 Å². The Morgan fingerprint density at radius 3 is 2.72 bits per heavy atom. The number of hydrogen-bond acceptors (Lipinski definition) is 6. The van der Waals surface area contributed by atoms with Gasteiger partial charge < -0.3 is 14.6 Å². The Hall–Kier alpha value is -3.75. The molecule has 1 amide bonds. The van der Waals surface area contributed by atoms with Crippen molar-refractivity contribution in [1.29, 1.82) is 0 Å². The van der Waals surface area contributed by atoms with Gasteiger partial charge in [0.2, 0.25) is 11.7 Å². The Labute approximate surface area is 167 Å². The molecule has 0 bridgehead atoms. The molecule has 9 nitrogen and oxygen atoms in total. The number of carbonyl (C=O) groups is 1. The maximum atomic E-state index is 12.3. The summed E-state index contributed by atoms with van der Waals surface area (Å²) in [6.07, 6.45) is 0. The zero-order chi connectivity index (χ0) is 20.1. The highest BCUT2D eigenvalue weighted by Gasteiger charge is 2.12. The average Bonchev–Trinajstić information content (AvgIpc) is 3.35. The fourth-order valence-corrected chi connectivity index (χ4v) is 3.04. The van der Waals surface area contributed by atoms with E-state index in [2.05, 4.69) is 37.2 Å². The molecule has 0 aliphatic rings.